The van der Waals surface area contributed by atoms with Crippen LogP contribution < -0.4 is 10.5 Å². The number of likely N-dealkylation sites (tertiary alicyclic amines) is 1. The number of nitrogens with zero attached hydrogens (tertiary/aromatic N) is 2. The van der Waals surface area contributed by atoms with Gasteiger partial charge in [0.25, 0.3) is 0 Å². The zero-order chi connectivity index (χ0) is 14.2. The molecule has 4 nitrogen and oxygen atoms in total. The van der Waals surface area contributed by atoms with Crippen molar-refractivity contribution in [3.8, 4) is 5.75 Å². The van der Waals surface area contributed by atoms with E-state index in [1.165, 1.54) is 32.5 Å². The molecule has 4 heteroatoms. The van der Waals surface area contributed by atoms with E-state index in [4.69, 9.17) is 10.5 Å². The molecule has 0 aromatic heterocycles. The lowest BCUT2D eigenvalue weighted by Crippen LogP contribution is -2.32. The summed E-state index contributed by atoms with van der Waals surface area (Å²) in [6, 6.07) is 7.62. The van der Waals surface area contributed by atoms with Gasteiger partial charge in [0.15, 0.2) is 0 Å². The van der Waals surface area contributed by atoms with E-state index in [-0.39, 0.29) is 0 Å². The maximum absolute atomic E-state index is 5.72. The van der Waals surface area contributed by atoms with Crippen LogP contribution in [0.3, 0.4) is 0 Å². The highest BCUT2D eigenvalue weighted by molar-refractivity contribution is 5.43. The standard InChI is InChI=1S/C16H27N3O/c1-18(11-12-19-9-2-3-10-19)8-5-13-20-16-7-4-6-15(17)14-16/h4,6-7,14H,2-3,5,8-13,17H2,1H3. The number of benzene rings is 1. The summed E-state index contributed by atoms with van der Waals surface area (Å²) in [5.41, 5.74) is 6.47. The molecule has 0 spiro atoms. The molecular formula is C16H27N3O. The van der Waals surface area contributed by atoms with Gasteiger partial charge in [-0.2, -0.15) is 0 Å². The SMILES string of the molecule is CN(CCCOc1cccc(N)c1)CCN1CCCC1. The van der Waals surface area contributed by atoms with Crippen LogP contribution in [0.2, 0.25) is 0 Å². The third-order valence-electron chi connectivity index (χ3n) is 3.81. The molecule has 0 atom stereocenters. The van der Waals surface area contributed by atoms with Gasteiger partial charge in [-0.05, 0) is 51.5 Å². The van der Waals surface area contributed by atoms with E-state index < -0.39 is 0 Å². The first-order valence-corrected chi connectivity index (χ1v) is 7.63. The van der Waals surface area contributed by atoms with Crippen LogP contribution in [0.4, 0.5) is 5.69 Å². The van der Waals surface area contributed by atoms with Gasteiger partial charge < -0.3 is 20.3 Å². The number of anilines is 1. The van der Waals surface area contributed by atoms with E-state index in [9.17, 15) is 0 Å². The van der Waals surface area contributed by atoms with Crippen LogP contribution in [0.5, 0.6) is 5.75 Å². The molecule has 1 fully saturated rings. The van der Waals surface area contributed by atoms with E-state index >= 15 is 0 Å². The quantitative estimate of drug-likeness (QED) is 0.583. The highest BCUT2D eigenvalue weighted by Crippen LogP contribution is 2.14. The molecule has 0 amide bonds. The van der Waals surface area contributed by atoms with Crippen LogP contribution in [0.15, 0.2) is 24.3 Å². The van der Waals surface area contributed by atoms with Crippen molar-refractivity contribution >= 4 is 5.69 Å². The molecule has 1 aromatic rings. The number of ether oxygens (including phenoxy) is 1. The van der Waals surface area contributed by atoms with Crippen molar-refractivity contribution in [3.63, 3.8) is 0 Å². The van der Waals surface area contributed by atoms with Gasteiger partial charge in [-0.1, -0.05) is 6.07 Å². The minimum absolute atomic E-state index is 0.748. The largest absolute Gasteiger partial charge is 0.493 e. The lowest BCUT2D eigenvalue weighted by Gasteiger charge is -2.21. The Morgan fingerprint density at radius 3 is 2.80 bits per heavy atom. The fourth-order valence-electron chi connectivity index (χ4n) is 2.56. The van der Waals surface area contributed by atoms with Gasteiger partial charge in [-0.15, -0.1) is 0 Å². The first-order chi connectivity index (χ1) is 9.74. The smallest absolute Gasteiger partial charge is 0.121 e. The summed E-state index contributed by atoms with van der Waals surface area (Å²) in [6.45, 7) is 6.75. The average Bonchev–Trinajstić information content (AvgIpc) is 2.95. The molecule has 1 aliphatic rings. The number of rotatable bonds is 8. The summed E-state index contributed by atoms with van der Waals surface area (Å²) in [6.07, 6.45) is 3.79. The summed E-state index contributed by atoms with van der Waals surface area (Å²) in [5.74, 6) is 0.865. The van der Waals surface area contributed by atoms with Crippen LogP contribution in [0.25, 0.3) is 0 Å². The van der Waals surface area contributed by atoms with Crippen molar-refractivity contribution in [2.24, 2.45) is 0 Å². The zero-order valence-electron chi connectivity index (χ0n) is 12.6. The lowest BCUT2D eigenvalue weighted by molar-refractivity contribution is 0.233. The van der Waals surface area contributed by atoms with E-state index in [1.54, 1.807) is 0 Å². The van der Waals surface area contributed by atoms with Crippen molar-refractivity contribution in [2.45, 2.75) is 19.3 Å². The van der Waals surface area contributed by atoms with Crippen molar-refractivity contribution < 1.29 is 4.74 Å². The fraction of sp³-hybridized carbons (Fsp3) is 0.625. The second kappa shape index (κ2) is 8.12. The molecule has 0 unspecified atom stereocenters. The Kier molecular flexibility index (Phi) is 6.15. The molecule has 1 saturated heterocycles. The van der Waals surface area contributed by atoms with Crippen molar-refractivity contribution in [1.82, 2.24) is 9.80 Å². The lowest BCUT2D eigenvalue weighted by atomic mass is 10.3. The van der Waals surface area contributed by atoms with Crippen LogP contribution in [-0.2, 0) is 0 Å². The molecule has 20 heavy (non-hydrogen) atoms. The number of hydrogen-bond acceptors (Lipinski definition) is 4. The number of hydrogen-bond donors (Lipinski definition) is 1. The molecule has 0 aliphatic carbocycles. The second-order valence-corrected chi connectivity index (χ2v) is 5.63. The minimum atomic E-state index is 0.748. The van der Waals surface area contributed by atoms with Gasteiger partial charge in [0.1, 0.15) is 5.75 Å². The van der Waals surface area contributed by atoms with Gasteiger partial charge in [0.05, 0.1) is 6.61 Å². The third-order valence-corrected chi connectivity index (χ3v) is 3.81. The Morgan fingerprint density at radius 1 is 1.25 bits per heavy atom. The summed E-state index contributed by atoms with van der Waals surface area (Å²) in [7, 11) is 2.19. The molecule has 1 heterocycles. The maximum Gasteiger partial charge on any atom is 0.121 e. The Morgan fingerprint density at radius 2 is 2.05 bits per heavy atom. The Labute approximate surface area is 122 Å². The van der Waals surface area contributed by atoms with Gasteiger partial charge in [0, 0.05) is 31.4 Å². The number of nitrogen functional groups attached to an aromatic ring is 1. The second-order valence-electron chi connectivity index (χ2n) is 5.63. The monoisotopic (exact) mass is 277 g/mol. The molecule has 0 saturated carbocycles. The Balaban J connectivity index is 1.53. The van der Waals surface area contributed by atoms with Crippen molar-refractivity contribution in [1.29, 1.82) is 0 Å². The van der Waals surface area contributed by atoms with Crippen molar-refractivity contribution in [2.75, 3.05) is 52.1 Å². The van der Waals surface area contributed by atoms with Crippen LogP contribution in [-0.4, -0.2) is 56.2 Å². The van der Waals surface area contributed by atoms with E-state index in [2.05, 4.69) is 16.8 Å². The van der Waals surface area contributed by atoms with Gasteiger partial charge >= 0.3 is 0 Å². The first-order valence-electron chi connectivity index (χ1n) is 7.63. The van der Waals surface area contributed by atoms with Gasteiger partial charge in [-0.25, -0.2) is 0 Å². The predicted octanol–water partition coefficient (Wildman–Crippen LogP) is 2.07. The summed E-state index contributed by atoms with van der Waals surface area (Å²) in [4.78, 5) is 4.95. The van der Waals surface area contributed by atoms with Gasteiger partial charge in [0.2, 0.25) is 0 Å². The highest BCUT2D eigenvalue weighted by Gasteiger charge is 2.11. The van der Waals surface area contributed by atoms with E-state index in [0.717, 1.165) is 37.6 Å². The summed E-state index contributed by atoms with van der Waals surface area (Å²) >= 11 is 0. The molecule has 0 radical (unpaired) electrons. The van der Waals surface area contributed by atoms with Crippen LogP contribution in [0.1, 0.15) is 19.3 Å². The summed E-state index contributed by atoms with van der Waals surface area (Å²) < 4.78 is 5.70. The van der Waals surface area contributed by atoms with E-state index in [0.29, 0.717) is 0 Å². The third kappa shape index (κ3) is 5.39. The normalized spacial score (nSPS) is 15.9. The predicted molar refractivity (Wildman–Crippen MR) is 84.1 cm³/mol. The van der Waals surface area contributed by atoms with Crippen LogP contribution >= 0.6 is 0 Å². The number of likely N-dealkylation sites (N-methyl/N-ethyl adjacent to an activating group) is 1. The van der Waals surface area contributed by atoms with E-state index in [1.807, 2.05) is 24.3 Å². The Hall–Kier alpha value is -1.26. The molecule has 112 valence electrons. The number of nitrogens with two attached hydrogens (primary N) is 1. The molecule has 2 rings (SSSR count). The molecule has 1 aliphatic heterocycles. The van der Waals surface area contributed by atoms with Gasteiger partial charge in [-0.3, -0.25) is 0 Å². The topological polar surface area (TPSA) is 41.7 Å². The highest BCUT2D eigenvalue weighted by atomic mass is 16.5. The molecule has 1 aromatic carbocycles. The molecular weight excluding hydrogens is 250 g/mol. The Bertz CT molecular complexity index is 391. The zero-order valence-corrected chi connectivity index (χ0v) is 12.6. The molecule has 0 bridgehead atoms. The van der Waals surface area contributed by atoms with Crippen molar-refractivity contribution in [3.05, 3.63) is 24.3 Å². The molecule has 2 N–H and O–H groups in total. The fourth-order valence-corrected chi connectivity index (χ4v) is 2.56. The first kappa shape index (κ1) is 15.1. The maximum atomic E-state index is 5.72. The minimum Gasteiger partial charge on any atom is -0.493 e. The average molecular weight is 277 g/mol. The van der Waals surface area contributed by atoms with Crippen LogP contribution in [0, 0.1) is 0 Å². The summed E-state index contributed by atoms with van der Waals surface area (Å²) in [5, 5.41) is 0.